The molecule has 0 aliphatic carbocycles. The molecule has 0 aliphatic rings. The van der Waals surface area contributed by atoms with Crippen LogP contribution in [0, 0.1) is 0 Å². The van der Waals surface area contributed by atoms with Crippen molar-refractivity contribution in [2.45, 2.75) is 13.8 Å². The minimum Gasteiger partial charge on any atom is -0.462 e. The number of benzene rings is 3. The molecule has 0 saturated heterocycles. The molecule has 3 aromatic carbocycles. The van der Waals surface area contributed by atoms with Gasteiger partial charge in [0.1, 0.15) is 22.5 Å². The van der Waals surface area contributed by atoms with E-state index in [0.29, 0.717) is 45.0 Å². The molecule has 0 saturated carbocycles. The molecule has 0 fully saturated rings. The maximum atomic E-state index is 13.1. The minimum atomic E-state index is -0.473. The van der Waals surface area contributed by atoms with Gasteiger partial charge in [-0.3, -0.25) is 10.2 Å². The molecule has 0 bridgehead atoms. The highest BCUT2D eigenvalue weighted by atomic mass is 16.5. The van der Waals surface area contributed by atoms with E-state index in [1.807, 2.05) is 84.9 Å². The molecule has 2 heterocycles. The predicted octanol–water partition coefficient (Wildman–Crippen LogP) is 6.15. The van der Waals surface area contributed by atoms with Crippen molar-refractivity contribution in [3.05, 3.63) is 96.1 Å². The van der Waals surface area contributed by atoms with E-state index in [-0.39, 0.29) is 13.2 Å². The molecular formula is C30H26N4O4. The topological polar surface area (TPSA) is 110 Å². The van der Waals surface area contributed by atoms with Crippen molar-refractivity contribution >= 4 is 11.9 Å². The molecule has 2 N–H and O–H groups in total. The smallest absolute Gasteiger partial charge is 0.342 e. The quantitative estimate of drug-likeness (QED) is 0.244. The van der Waals surface area contributed by atoms with E-state index in [1.54, 1.807) is 13.8 Å². The number of aromatic amines is 2. The van der Waals surface area contributed by atoms with Gasteiger partial charge in [0, 0.05) is 22.3 Å². The van der Waals surface area contributed by atoms with E-state index in [4.69, 9.17) is 9.47 Å². The van der Waals surface area contributed by atoms with Crippen LogP contribution in [0.4, 0.5) is 0 Å². The van der Waals surface area contributed by atoms with E-state index in [9.17, 15) is 9.59 Å². The Bertz CT molecular complexity index is 1460. The highest BCUT2D eigenvalue weighted by molar-refractivity contribution is 6.04. The van der Waals surface area contributed by atoms with Crippen molar-refractivity contribution < 1.29 is 19.1 Å². The Hall–Kier alpha value is -4.98. The fourth-order valence-electron chi connectivity index (χ4n) is 4.35. The summed E-state index contributed by atoms with van der Waals surface area (Å²) in [5, 5.41) is 15.0. The third kappa shape index (κ3) is 4.71. The first-order chi connectivity index (χ1) is 18.6. The van der Waals surface area contributed by atoms with E-state index in [2.05, 4.69) is 20.4 Å². The van der Waals surface area contributed by atoms with Gasteiger partial charge in [-0.1, -0.05) is 78.9 Å². The number of esters is 2. The van der Waals surface area contributed by atoms with Crippen LogP contribution in [0.1, 0.15) is 34.6 Å². The first-order valence-corrected chi connectivity index (χ1v) is 12.3. The first kappa shape index (κ1) is 24.7. The monoisotopic (exact) mass is 506 g/mol. The van der Waals surface area contributed by atoms with E-state index >= 15 is 0 Å². The molecule has 0 amide bonds. The van der Waals surface area contributed by atoms with Crippen LogP contribution in [-0.4, -0.2) is 45.5 Å². The number of carbonyl (C=O) groups excluding carboxylic acids is 2. The summed E-state index contributed by atoms with van der Waals surface area (Å²) in [6.07, 6.45) is 0. The fraction of sp³-hybridized carbons (Fsp3) is 0.133. The molecule has 2 aromatic heterocycles. The molecule has 8 heteroatoms. The number of rotatable bonds is 8. The highest BCUT2D eigenvalue weighted by Crippen LogP contribution is 2.35. The van der Waals surface area contributed by atoms with Crippen LogP contribution in [0.3, 0.4) is 0 Å². The van der Waals surface area contributed by atoms with Crippen molar-refractivity contribution in [2.24, 2.45) is 0 Å². The predicted molar refractivity (Wildman–Crippen MR) is 144 cm³/mol. The summed E-state index contributed by atoms with van der Waals surface area (Å²) in [6, 6.07) is 26.4. The van der Waals surface area contributed by atoms with Crippen molar-refractivity contribution in [1.82, 2.24) is 20.4 Å². The van der Waals surface area contributed by atoms with Gasteiger partial charge in [-0.15, -0.1) is 0 Å². The van der Waals surface area contributed by atoms with Crippen LogP contribution in [0.5, 0.6) is 0 Å². The molecule has 5 aromatic rings. The van der Waals surface area contributed by atoms with E-state index < -0.39 is 11.9 Å². The van der Waals surface area contributed by atoms with Crippen molar-refractivity contribution in [2.75, 3.05) is 13.2 Å². The molecule has 0 aliphatic heterocycles. The number of nitrogens with one attached hydrogen (secondary N) is 2. The third-order valence-electron chi connectivity index (χ3n) is 6.03. The van der Waals surface area contributed by atoms with Gasteiger partial charge in [0.2, 0.25) is 0 Å². The van der Waals surface area contributed by atoms with Gasteiger partial charge in [0.05, 0.1) is 24.6 Å². The lowest BCUT2D eigenvalue weighted by Gasteiger charge is -2.08. The minimum absolute atomic E-state index is 0.232. The normalized spacial score (nSPS) is 10.8. The maximum Gasteiger partial charge on any atom is 0.342 e. The number of carbonyl (C=O) groups is 2. The van der Waals surface area contributed by atoms with Gasteiger partial charge in [-0.05, 0) is 19.9 Å². The molecule has 0 spiro atoms. The standard InChI is InChI=1S/C30H26N4O4/c1-3-37-29(35)23-25(19-12-7-5-8-13-19)31-33-27(23)21-16-11-17-22(18-21)28-24(30(36)38-4-2)26(32-34-28)20-14-9-6-10-15-20/h5-18H,3-4H2,1-2H3,(H,31,33)(H,32,34). The Morgan fingerprint density at radius 2 is 1.00 bits per heavy atom. The number of H-pyrrole nitrogens is 2. The molecule has 190 valence electrons. The largest absolute Gasteiger partial charge is 0.462 e. The van der Waals surface area contributed by atoms with Gasteiger partial charge in [-0.25, -0.2) is 9.59 Å². The van der Waals surface area contributed by atoms with Gasteiger partial charge >= 0.3 is 11.9 Å². The second-order valence-electron chi connectivity index (χ2n) is 8.40. The van der Waals surface area contributed by atoms with Gasteiger partial charge in [-0.2, -0.15) is 10.2 Å². The lowest BCUT2D eigenvalue weighted by Crippen LogP contribution is -2.07. The Balaban J connectivity index is 1.64. The number of aromatic nitrogens is 4. The molecular weight excluding hydrogens is 480 g/mol. The zero-order valence-corrected chi connectivity index (χ0v) is 21.0. The second-order valence-corrected chi connectivity index (χ2v) is 8.40. The molecule has 0 unspecified atom stereocenters. The van der Waals surface area contributed by atoms with E-state index in [1.165, 1.54) is 0 Å². The molecule has 0 radical (unpaired) electrons. The lowest BCUT2D eigenvalue weighted by molar-refractivity contribution is 0.0518. The number of nitrogens with zero attached hydrogens (tertiary/aromatic N) is 2. The third-order valence-corrected chi connectivity index (χ3v) is 6.03. The number of hydrogen-bond donors (Lipinski definition) is 2. The molecule has 8 nitrogen and oxygen atoms in total. The highest BCUT2D eigenvalue weighted by Gasteiger charge is 2.26. The van der Waals surface area contributed by atoms with Crippen LogP contribution < -0.4 is 0 Å². The van der Waals surface area contributed by atoms with Gasteiger partial charge < -0.3 is 9.47 Å². The summed E-state index contributed by atoms with van der Waals surface area (Å²) < 4.78 is 10.8. The summed E-state index contributed by atoms with van der Waals surface area (Å²) in [7, 11) is 0. The Labute approximate surface area is 219 Å². The van der Waals surface area contributed by atoms with Crippen molar-refractivity contribution in [1.29, 1.82) is 0 Å². The Morgan fingerprint density at radius 1 is 0.605 bits per heavy atom. The fourth-order valence-corrected chi connectivity index (χ4v) is 4.35. The summed E-state index contributed by atoms with van der Waals surface area (Å²) in [5.41, 5.74) is 5.68. The lowest BCUT2D eigenvalue weighted by atomic mass is 9.97. The van der Waals surface area contributed by atoms with Crippen LogP contribution in [0.15, 0.2) is 84.9 Å². The van der Waals surface area contributed by atoms with Crippen molar-refractivity contribution in [3.63, 3.8) is 0 Å². The SMILES string of the molecule is CCOC(=O)c1c(-c2cccc(-c3n[nH]c(-c4ccccc4)c3C(=O)OCC)c2)n[nH]c1-c1ccccc1. The average Bonchev–Trinajstić information content (AvgIpc) is 3.60. The maximum absolute atomic E-state index is 13.1. The average molecular weight is 507 g/mol. The van der Waals surface area contributed by atoms with Gasteiger partial charge in [0.25, 0.3) is 0 Å². The second kappa shape index (κ2) is 11.0. The number of hydrogen-bond acceptors (Lipinski definition) is 6. The van der Waals surface area contributed by atoms with Crippen molar-refractivity contribution in [3.8, 4) is 45.0 Å². The zero-order chi connectivity index (χ0) is 26.5. The molecule has 5 rings (SSSR count). The zero-order valence-electron chi connectivity index (χ0n) is 21.0. The summed E-state index contributed by atoms with van der Waals surface area (Å²) in [5.74, 6) is -0.947. The number of ether oxygens (including phenoxy) is 2. The first-order valence-electron chi connectivity index (χ1n) is 12.3. The Kier molecular flexibility index (Phi) is 7.13. The summed E-state index contributed by atoms with van der Waals surface area (Å²) in [4.78, 5) is 26.1. The van der Waals surface area contributed by atoms with Crippen LogP contribution >= 0.6 is 0 Å². The van der Waals surface area contributed by atoms with Crippen LogP contribution in [0.25, 0.3) is 45.0 Å². The molecule has 38 heavy (non-hydrogen) atoms. The summed E-state index contributed by atoms with van der Waals surface area (Å²) in [6.45, 7) is 3.99. The van der Waals surface area contributed by atoms with Crippen LogP contribution in [0.2, 0.25) is 0 Å². The molecule has 0 atom stereocenters. The summed E-state index contributed by atoms with van der Waals surface area (Å²) >= 11 is 0. The van der Waals surface area contributed by atoms with E-state index in [0.717, 1.165) is 11.1 Å². The van der Waals surface area contributed by atoms with Gasteiger partial charge in [0.15, 0.2) is 0 Å². The Morgan fingerprint density at radius 3 is 1.39 bits per heavy atom. The van der Waals surface area contributed by atoms with Crippen LogP contribution in [-0.2, 0) is 9.47 Å².